The first-order valence-electron chi connectivity index (χ1n) is 10.3. The van der Waals surface area contributed by atoms with Crippen molar-refractivity contribution in [2.75, 3.05) is 13.2 Å². The zero-order valence-corrected chi connectivity index (χ0v) is 19.2. The minimum atomic E-state index is -1.10. The lowest BCUT2D eigenvalue weighted by atomic mass is 9.92. The van der Waals surface area contributed by atoms with Crippen molar-refractivity contribution in [3.8, 4) is 0 Å². The molecular weight excluding hydrogens is 410 g/mol. The molecule has 5 atom stereocenters. The molecule has 0 aliphatic carbocycles. The Labute approximate surface area is 183 Å². The molecule has 0 aliphatic heterocycles. The highest BCUT2D eigenvalue weighted by Gasteiger charge is 2.41. The van der Waals surface area contributed by atoms with E-state index in [1.807, 2.05) is 0 Å². The van der Waals surface area contributed by atoms with Gasteiger partial charge in [0.05, 0.1) is 18.8 Å². The van der Waals surface area contributed by atoms with Gasteiger partial charge in [-0.05, 0) is 19.8 Å². The normalized spacial score (nSPS) is 15.5. The van der Waals surface area contributed by atoms with Crippen LogP contribution in [0.1, 0.15) is 60.8 Å². The molecule has 178 valence electrons. The van der Waals surface area contributed by atoms with E-state index in [4.69, 9.17) is 18.9 Å². The van der Waals surface area contributed by atoms with E-state index in [1.54, 1.807) is 13.8 Å². The van der Waals surface area contributed by atoms with Crippen molar-refractivity contribution >= 4 is 30.1 Å². The smallest absolute Gasteiger partial charge is 0.303 e. The fourth-order valence-corrected chi connectivity index (χ4v) is 2.98. The molecule has 10 heteroatoms. The van der Waals surface area contributed by atoms with Crippen molar-refractivity contribution in [1.82, 2.24) is 5.32 Å². The molecule has 1 amide bonds. The molecule has 5 unspecified atom stereocenters. The second-order valence-corrected chi connectivity index (χ2v) is 7.39. The van der Waals surface area contributed by atoms with Crippen LogP contribution >= 0.6 is 0 Å². The van der Waals surface area contributed by atoms with E-state index in [1.165, 1.54) is 27.7 Å². The predicted octanol–water partition coefficient (Wildman–Crippen LogP) is 1.33. The van der Waals surface area contributed by atoms with Crippen LogP contribution in [-0.2, 0) is 42.9 Å². The van der Waals surface area contributed by atoms with Crippen LogP contribution in [0.3, 0.4) is 0 Å². The molecule has 0 fully saturated rings. The van der Waals surface area contributed by atoms with Gasteiger partial charge in [0.25, 0.3) is 0 Å². The van der Waals surface area contributed by atoms with Crippen LogP contribution in [0.25, 0.3) is 0 Å². The largest absolute Gasteiger partial charge is 0.465 e. The number of unbranched alkanes of at least 4 members (excludes halogenated alkanes) is 2. The van der Waals surface area contributed by atoms with E-state index in [9.17, 15) is 24.0 Å². The fourth-order valence-electron chi connectivity index (χ4n) is 2.98. The summed E-state index contributed by atoms with van der Waals surface area (Å²) in [6, 6.07) is -0.850. The maximum absolute atomic E-state index is 11.9. The van der Waals surface area contributed by atoms with Gasteiger partial charge in [0.2, 0.25) is 5.91 Å². The minimum Gasteiger partial charge on any atom is -0.465 e. The van der Waals surface area contributed by atoms with E-state index in [2.05, 4.69) is 5.32 Å². The lowest BCUT2D eigenvalue weighted by Gasteiger charge is -2.37. The van der Waals surface area contributed by atoms with Gasteiger partial charge in [-0.3, -0.25) is 19.2 Å². The first-order chi connectivity index (χ1) is 14.5. The topological polar surface area (TPSA) is 134 Å². The van der Waals surface area contributed by atoms with Crippen molar-refractivity contribution in [2.45, 2.75) is 85.2 Å². The summed E-state index contributed by atoms with van der Waals surface area (Å²) in [5.74, 6) is -2.72. The highest BCUT2D eigenvalue weighted by atomic mass is 16.6. The van der Waals surface area contributed by atoms with Gasteiger partial charge in [-0.1, -0.05) is 6.92 Å². The zero-order chi connectivity index (χ0) is 24.0. The number of amides is 1. The van der Waals surface area contributed by atoms with Crippen molar-refractivity contribution in [3.05, 3.63) is 0 Å². The fraction of sp³-hybridized carbons (Fsp3) is 0.762. The summed E-state index contributed by atoms with van der Waals surface area (Å²) in [4.78, 5) is 57.1. The summed E-state index contributed by atoms with van der Waals surface area (Å²) < 4.78 is 21.7. The van der Waals surface area contributed by atoms with Crippen LogP contribution in [0.15, 0.2) is 0 Å². The summed E-state index contributed by atoms with van der Waals surface area (Å²) in [6.45, 7) is 8.55. The first-order valence-corrected chi connectivity index (χ1v) is 10.3. The lowest BCUT2D eigenvalue weighted by Crippen LogP contribution is -2.58. The molecule has 31 heavy (non-hydrogen) atoms. The molecule has 0 aromatic carbocycles. The van der Waals surface area contributed by atoms with Gasteiger partial charge in [0, 0.05) is 46.6 Å². The molecule has 0 heterocycles. The number of hydrogen-bond acceptors (Lipinski definition) is 9. The molecule has 0 aromatic rings. The van der Waals surface area contributed by atoms with Gasteiger partial charge >= 0.3 is 17.9 Å². The monoisotopic (exact) mass is 445 g/mol. The van der Waals surface area contributed by atoms with Gasteiger partial charge in [0.1, 0.15) is 12.4 Å². The molecule has 1 N–H and O–H groups in total. The van der Waals surface area contributed by atoms with E-state index in [-0.39, 0.29) is 6.61 Å². The highest BCUT2D eigenvalue weighted by Crippen LogP contribution is 2.22. The van der Waals surface area contributed by atoms with E-state index >= 15 is 0 Å². The van der Waals surface area contributed by atoms with Crippen molar-refractivity contribution in [3.63, 3.8) is 0 Å². The Morgan fingerprint density at radius 1 is 0.871 bits per heavy atom. The molecule has 0 saturated carbocycles. The minimum absolute atomic E-state index is 0.0846. The highest BCUT2D eigenvalue weighted by molar-refractivity contribution is 5.73. The Kier molecular flexibility index (Phi) is 14.1. The number of aldehydes is 1. The van der Waals surface area contributed by atoms with Crippen LogP contribution in [-0.4, -0.2) is 67.7 Å². The van der Waals surface area contributed by atoms with Crippen molar-refractivity contribution in [2.24, 2.45) is 5.92 Å². The van der Waals surface area contributed by atoms with E-state index in [0.717, 1.165) is 6.29 Å². The number of esters is 3. The molecule has 0 spiro atoms. The van der Waals surface area contributed by atoms with Crippen LogP contribution in [0.2, 0.25) is 0 Å². The first kappa shape index (κ1) is 28.5. The second-order valence-electron chi connectivity index (χ2n) is 7.39. The Balaban J connectivity index is 5.75. The van der Waals surface area contributed by atoms with E-state index < -0.39 is 54.1 Å². The number of carbonyl (C=O) groups excluding carboxylic acids is 5. The standard InChI is InChI=1S/C21H35NO9/c1-13(12-29-16(4)25)20(30-17(5)26)21(31-18(6)27)19(22-15(3)24)14(2)28-11-9-7-8-10-23/h10,13-14,19-21H,7-9,11-12H2,1-6H3,(H,22,24). The van der Waals surface area contributed by atoms with Gasteiger partial charge in [-0.2, -0.15) is 0 Å². The number of rotatable bonds is 15. The van der Waals surface area contributed by atoms with Gasteiger partial charge in [-0.25, -0.2) is 0 Å². The Morgan fingerprint density at radius 3 is 1.94 bits per heavy atom. The second kappa shape index (κ2) is 15.3. The molecule has 0 bridgehead atoms. The third-order valence-electron chi connectivity index (χ3n) is 4.36. The third-order valence-corrected chi connectivity index (χ3v) is 4.36. The molecule has 10 nitrogen and oxygen atoms in total. The average molecular weight is 446 g/mol. The average Bonchev–Trinajstić information content (AvgIpc) is 2.66. The van der Waals surface area contributed by atoms with Crippen LogP contribution < -0.4 is 5.32 Å². The zero-order valence-electron chi connectivity index (χ0n) is 19.2. The van der Waals surface area contributed by atoms with Crippen LogP contribution in [0.4, 0.5) is 0 Å². The molecule has 0 aliphatic rings. The van der Waals surface area contributed by atoms with Gasteiger partial charge < -0.3 is 29.1 Å². The number of nitrogens with one attached hydrogen (secondary N) is 1. The summed E-state index contributed by atoms with van der Waals surface area (Å²) in [6.07, 6.45) is -0.198. The molecular formula is C21H35NO9. The number of ether oxygens (including phenoxy) is 4. The number of carbonyl (C=O) groups is 5. The van der Waals surface area contributed by atoms with Crippen LogP contribution in [0, 0.1) is 5.92 Å². The van der Waals surface area contributed by atoms with E-state index in [0.29, 0.717) is 25.9 Å². The summed E-state index contributed by atoms with van der Waals surface area (Å²) in [5, 5.41) is 2.71. The van der Waals surface area contributed by atoms with Gasteiger partial charge in [0.15, 0.2) is 6.10 Å². The predicted molar refractivity (Wildman–Crippen MR) is 110 cm³/mol. The molecule has 0 rings (SSSR count). The third kappa shape index (κ3) is 12.7. The molecule has 0 saturated heterocycles. The van der Waals surface area contributed by atoms with Crippen LogP contribution in [0.5, 0.6) is 0 Å². The summed E-state index contributed by atoms with van der Waals surface area (Å²) in [5.41, 5.74) is 0. The Bertz CT molecular complexity index is 608. The molecule has 0 aromatic heterocycles. The maximum atomic E-state index is 11.9. The number of hydrogen-bond donors (Lipinski definition) is 1. The summed E-state index contributed by atoms with van der Waals surface area (Å²) >= 11 is 0. The lowest BCUT2D eigenvalue weighted by molar-refractivity contribution is -0.179. The van der Waals surface area contributed by atoms with Crippen molar-refractivity contribution < 1.29 is 42.9 Å². The Hall–Kier alpha value is -2.49. The SMILES string of the molecule is CC(=O)NC(C(C)OCCCCC=O)C(OC(C)=O)C(OC(C)=O)C(C)COC(C)=O. The summed E-state index contributed by atoms with van der Waals surface area (Å²) in [7, 11) is 0. The van der Waals surface area contributed by atoms with Gasteiger partial charge in [-0.15, -0.1) is 0 Å². The maximum Gasteiger partial charge on any atom is 0.303 e. The quantitative estimate of drug-likeness (QED) is 0.171. The molecule has 0 radical (unpaired) electrons. The Morgan fingerprint density at radius 2 is 1.45 bits per heavy atom. The van der Waals surface area contributed by atoms with Crippen molar-refractivity contribution in [1.29, 1.82) is 0 Å².